The Bertz CT molecular complexity index is 684. The van der Waals surface area contributed by atoms with Crippen LogP contribution < -0.4 is 10.6 Å². The van der Waals surface area contributed by atoms with E-state index in [1.54, 1.807) is 6.26 Å². The molecule has 0 bridgehead atoms. The van der Waals surface area contributed by atoms with Crippen LogP contribution in [-0.4, -0.2) is 37.2 Å². The van der Waals surface area contributed by atoms with Gasteiger partial charge in [0.15, 0.2) is 5.96 Å². The Labute approximate surface area is 179 Å². The maximum Gasteiger partial charge on any atom is 0.226 e. The SMILES string of the molecule is CCNC(=NCc1coc(-c2ccc(C)cc2)n1)NCCOCC(C)C.I. The summed E-state index contributed by atoms with van der Waals surface area (Å²) in [5, 5.41) is 6.49. The van der Waals surface area contributed by atoms with E-state index in [1.165, 1.54) is 5.56 Å². The lowest BCUT2D eigenvalue weighted by Crippen LogP contribution is -2.39. The fourth-order valence-corrected chi connectivity index (χ4v) is 2.27. The molecule has 0 saturated heterocycles. The Morgan fingerprint density at radius 2 is 1.96 bits per heavy atom. The predicted octanol–water partition coefficient (Wildman–Crippen LogP) is 4.00. The Balaban J connectivity index is 0.00000364. The molecule has 2 rings (SSSR count). The highest BCUT2D eigenvalue weighted by atomic mass is 127. The molecule has 2 N–H and O–H groups in total. The summed E-state index contributed by atoms with van der Waals surface area (Å²) in [6, 6.07) is 8.12. The smallest absolute Gasteiger partial charge is 0.226 e. The number of hydrogen-bond acceptors (Lipinski definition) is 4. The molecule has 0 spiro atoms. The Kier molecular flexibility index (Phi) is 11.0. The number of halogens is 1. The Morgan fingerprint density at radius 1 is 1.22 bits per heavy atom. The summed E-state index contributed by atoms with van der Waals surface area (Å²) < 4.78 is 11.2. The maximum absolute atomic E-state index is 5.58. The van der Waals surface area contributed by atoms with Crippen molar-refractivity contribution in [3.05, 3.63) is 41.8 Å². The molecule has 2 aromatic rings. The van der Waals surface area contributed by atoms with Gasteiger partial charge in [0.05, 0.1) is 13.2 Å². The topological polar surface area (TPSA) is 71.7 Å². The number of nitrogens with zero attached hydrogens (tertiary/aromatic N) is 2. The molecule has 27 heavy (non-hydrogen) atoms. The van der Waals surface area contributed by atoms with Crippen LogP contribution in [0.15, 0.2) is 39.9 Å². The first-order valence-corrected chi connectivity index (χ1v) is 9.19. The molecule has 0 unspecified atom stereocenters. The lowest BCUT2D eigenvalue weighted by molar-refractivity contribution is 0.114. The van der Waals surface area contributed by atoms with Crippen LogP contribution in [0.4, 0.5) is 0 Å². The number of guanidine groups is 1. The molecule has 0 aliphatic rings. The van der Waals surface area contributed by atoms with Crippen molar-refractivity contribution in [2.24, 2.45) is 10.9 Å². The van der Waals surface area contributed by atoms with Crippen molar-refractivity contribution in [1.82, 2.24) is 15.6 Å². The van der Waals surface area contributed by atoms with E-state index in [0.717, 1.165) is 30.4 Å². The summed E-state index contributed by atoms with van der Waals surface area (Å²) in [5.41, 5.74) is 2.98. The molecule has 0 atom stereocenters. The van der Waals surface area contributed by atoms with Crippen LogP contribution in [0.25, 0.3) is 11.5 Å². The van der Waals surface area contributed by atoms with Crippen LogP contribution >= 0.6 is 24.0 Å². The van der Waals surface area contributed by atoms with Gasteiger partial charge in [-0.1, -0.05) is 31.5 Å². The number of benzene rings is 1. The fourth-order valence-electron chi connectivity index (χ4n) is 2.27. The van der Waals surface area contributed by atoms with E-state index < -0.39 is 0 Å². The molecule has 1 aromatic carbocycles. The molecule has 7 heteroatoms. The van der Waals surface area contributed by atoms with E-state index in [-0.39, 0.29) is 24.0 Å². The molecular formula is C20H31IN4O2. The fraction of sp³-hybridized carbons (Fsp3) is 0.500. The predicted molar refractivity (Wildman–Crippen MR) is 121 cm³/mol. The minimum atomic E-state index is 0. The number of hydrogen-bond donors (Lipinski definition) is 2. The standard InChI is InChI=1S/C20H30N4O2.HI/c1-5-21-20(22-10-11-25-13-15(2)3)23-12-18-14-26-19(24-18)17-8-6-16(4)7-9-17;/h6-9,14-15H,5,10-13H2,1-4H3,(H2,21,22,23);1H. The second-order valence-electron chi connectivity index (χ2n) is 6.60. The summed E-state index contributed by atoms with van der Waals surface area (Å²) in [5.74, 6) is 1.92. The van der Waals surface area contributed by atoms with Crippen molar-refractivity contribution in [3.63, 3.8) is 0 Å². The first-order chi connectivity index (χ1) is 12.6. The highest BCUT2D eigenvalue weighted by molar-refractivity contribution is 14.0. The minimum absolute atomic E-state index is 0. The van der Waals surface area contributed by atoms with Gasteiger partial charge in [-0.25, -0.2) is 9.98 Å². The number of aryl methyl sites for hydroxylation is 1. The number of rotatable bonds is 9. The summed E-state index contributed by atoms with van der Waals surface area (Å²) in [4.78, 5) is 9.07. The van der Waals surface area contributed by atoms with Gasteiger partial charge in [0.2, 0.25) is 5.89 Å². The molecule has 0 saturated carbocycles. The molecule has 150 valence electrons. The van der Waals surface area contributed by atoms with Gasteiger partial charge in [-0.2, -0.15) is 0 Å². The number of nitrogens with one attached hydrogen (secondary N) is 2. The summed E-state index contributed by atoms with van der Waals surface area (Å²) >= 11 is 0. The third kappa shape index (κ3) is 8.75. The van der Waals surface area contributed by atoms with Crippen LogP contribution in [-0.2, 0) is 11.3 Å². The molecule has 0 aliphatic heterocycles. The summed E-state index contributed by atoms with van der Waals surface area (Å²) in [6.07, 6.45) is 1.66. The van der Waals surface area contributed by atoms with E-state index in [9.17, 15) is 0 Å². The largest absolute Gasteiger partial charge is 0.444 e. The van der Waals surface area contributed by atoms with Gasteiger partial charge in [-0.3, -0.25) is 0 Å². The minimum Gasteiger partial charge on any atom is -0.444 e. The van der Waals surface area contributed by atoms with Gasteiger partial charge >= 0.3 is 0 Å². The van der Waals surface area contributed by atoms with Crippen LogP contribution in [0.1, 0.15) is 32.0 Å². The average molecular weight is 486 g/mol. The lowest BCUT2D eigenvalue weighted by Gasteiger charge is -2.11. The zero-order chi connectivity index (χ0) is 18.8. The van der Waals surface area contributed by atoms with E-state index in [0.29, 0.717) is 31.5 Å². The van der Waals surface area contributed by atoms with Gasteiger partial charge in [0, 0.05) is 25.3 Å². The van der Waals surface area contributed by atoms with Crippen molar-refractivity contribution in [1.29, 1.82) is 0 Å². The zero-order valence-corrected chi connectivity index (χ0v) is 18.9. The third-order valence-electron chi connectivity index (χ3n) is 3.58. The molecular weight excluding hydrogens is 455 g/mol. The van der Waals surface area contributed by atoms with Gasteiger partial charge in [0.25, 0.3) is 0 Å². The highest BCUT2D eigenvalue weighted by Crippen LogP contribution is 2.19. The molecule has 0 aliphatic carbocycles. The number of ether oxygens (including phenoxy) is 1. The Hall–Kier alpha value is -1.61. The van der Waals surface area contributed by atoms with Gasteiger partial charge in [0.1, 0.15) is 12.0 Å². The normalized spacial score (nSPS) is 11.4. The van der Waals surface area contributed by atoms with Crippen molar-refractivity contribution in [2.45, 2.75) is 34.2 Å². The highest BCUT2D eigenvalue weighted by Gasteiger charge is 2.06. The van der Waals surface area contributed by atoms with Crippen LogP contribution in [0.3, 0.4) is 0 Å². The second kappa shape index (κ2) is 12.7. The molecule has 0 radical (unpaired) electrons. The van der Waals surface area contributed by atoms with Crippen LogP contribution in [0.2, 0.25) is 0 Å². The monoisotopic (exact) mass is 486 g/mol. The van der Waals surface area contributed by atoms with Gasteiger partial charge < -0.3 is 19.8 Å². The van der Waals surface area contributed by atoms with Crippen LogP contribution in [0, 0.1) is 12.8 Å². The van der Waals surface area contributed by atoms with E-state index in [4.69, 9.17) is 9.15 Å². The van der Waals surface area contributed by atoms with Crippen molar-refractivity contribution >= 4 is 29.9 Å². The number of oxazole rings is 1. The zero-order valence-electron chi connectivity index (χ0n) is 16.6. The summed E-state index contributed by atoms with van der Waals surface area (Å²) in [7, 11) is 0. The molecule has 1 heterocycles. The lowest BCUT2D eigenvalue weighted by atomic mass is 10.1. The Morgan fingerprint density at radius 3 is 2.63 bits per heavy atom. The molecule has 0 amide bonds. The second-order valence-corrected chi connectivity index (χ2v) is 6.60. The quantitative estimate of drug-likeness (QED) is 0.243. The molecule has 1 aromatic heterocycles. The number of aliphatic imine (C=N–C) groups is 1. The first kappa shape index (κ1) is 23.4. The summed E-state index contributed by atoms with van der Waals surface area (Å²) in [6.45, 7) is 11.8. The van der Waals surface area contributed by atoms with E-state index >= 15 is 0 Å². The van der Waals surface area contributed by atoms with Gasteiger partial charge in [-0.05, 0) is 31.9 Å². The van der Waals surface area contributed by atoms with Gasteiger partial charge in [-0.15, -0.1) is 24.0 Å². The van der Waals surface area contributed by atoms with E-state index in [2.05, 4.69) is 41.4 Å². The van der Waals surface area contributed by atoms with Crippen molar-refractivity contribution in [3.8, 4) is 11.5 Å². The molecule has 6 nitrogen and oxygen atoms in total. The van der Waals surface area contributed by atoms with Crippen molar-refractivity contribution in [2.75, 3.05) is 26.3 Å². The van der Waals surface area contributed by atoms with Crippen LogP contribution in [0.5, 0.6) is 0 Å². The van der Waals surface area contributed by atoms with E-state index in [1.807, 2.05) is 31.2 Å². The first-order valence-electron chi connectivity index (χ1n) is 9.19. The third-order valence-corrected chi connectivity index (χ3v) is 3.58. The molecule has 0 fully saturated rings. The van der Waals surface area contributed by atoms with Crippen molar-refractivity contribution < 1.29 is 9.15 Å². The number of aromatic nitrogens is 1. The maximum atomic E-state index is 5.58. The average Bonchev–Trinajstić information content (AvgIpc) is 3.08.